The van der Waals surface area contributed by atoms with Gasteiger partial charge in [-0.1, -0.05) is 18.2 Å². The fraction of sp³-hybridized carbons (Fsp3) is 0.333. The van der Waals surface area contributed by atoms with Gasteiger partial charge in [0.1, 0.15) is 4.88 Å². The van der Waals surface area contributed by atoms with Crippen LogP contribution in [0.1, 0.15) is 29.4 Å². The Hall–Kier alpha value is -1.88. The summed E-state index contributed by atoms with van der Waals surface area (Å²) in [6.07, 6.45) is 1.28. The van der Waals surface area contributed by atoms with Crippen molar-refractivity contribution in [1.82, 2.24) is 5.32 Å². The number of esters is 1. The summed E-state index contributed by atoms with van der Waals surface area (Å²) < 4.78 is 6.25. The molecule has 1 aromatic carbocycles. The van der Waals surface area contributed by atoms with Gasteiger partial charge in [-0.25, -0.2) is 4.79 Å². The van der Waals surface area contributed by atoms with Crippen molar-refractivity contribution in [3.05, 3.63) is 35.2 Å². The summed E-state index contributed by atoms with van der Waals surface area (Å²) in [7, 11) is 0. The van der Waals surface area contributed by atoms with E-state index < -0.39 is 12.1 Å². The average molecular weight is 289 g/mol. The van der Waals surface area contributed by atoms with Crippen molar-refractivity contribution >= 4 is 33.3 Å². The van der Waals surface area contributed by atoms with Crippen LogP contribution in [0.15, 0.2) is 30.3 Å². The molecule has 2 aromatic rings. The molecule has 5 heteroatoms. The maximum atomic E-state index is 12.0. The maximum absolute atomic E-state index is 12.0. The molecule has 1 heterocycles. The first-order chi connectivity index (χ1) is 9.63. The normalized spacial score (nSPS) is 15.8. The van der Waals surface area contributed by atoms with E-state index in [0.717, 1.165) is 22.9 Å². The van der Waals surface area contributed by atoms with E-state index in [-0.39, 0.29) is 11.9 Å². The Morgan fingerprint density at radius 2 is 2.10 bits per heavy atom. The molecule has 0 aliphatic heterocycles. The van der Waals surface area contributed by atoms with Gasteiger partial charge in [-0.05, 0) is 37.3 Å². The van der Waals surface area contributed by atoms with Gasteiger partial charge < -0.3 is 10.1 Å². The van der Waals surface area contributed by atoms with Crippen molar-refractivity contribution in [2.45, 2.75) is 31.9 Å². The lowest BCUT2D eigenvalue weighted by atomic mass is 10.2. The first-order valence-corrected chi connectivity index (χ1v) is 7.45. The molecule has 1 aliphatic carbocycles. The molecule has 1 unspecified atom stereocenters. The quantitative estimate of drug-likeness (QED) is 0.880. The molecule has 1 atom stereocenters. The molecule has 20 heavy (non-hydrogen) atoms. The summed E-state index contributed by atoms with van der Waals surface area (Å²) in [6, 6.07) is 9.84. The highest BCUT2D eigenvalue weighted by molar-refractivity contribution is 7.20. The monoisotopic (exact) mass is 289 g/mol. The molecule has 0 saturated heterocycles. The average Bonchev–Trinajstić information content (AvgIpc) is 3.13. The lowest BCUT2D eigenvalue weighted by Gasteiger charge is -2.12. The van der Waals surface area contributed by atoms with Gasteiger partial charge in [0.2, 0.25) is 0 Å². The number of carbonyl (C=O) groups is 2. The molecule has 1 aliphatic rings. The van der Waals surface area contributed by atoms with Gasteiger partial charge in [0.15, 0.2) is 6.10 Å². The van der Waals surface area contributed by atoms with Crippen LogP contribution in [0.5, 0.6) is 0 Å². The predicted molar refractivity (Wildman–Crippen MR) is 77.9 cm³/mol. The summed E-state index contributed by atoms with van der Waals surface area (Å²) in [6.45, 7) is 1.60. The van der Waals surface area contributed by atoms with E-state index in [4.69, 9.17) is 4.74 Å². The van der Waals surface area contributed by atoms with Crippen LogP contribution < -0.4 is 5.32 Å². The van der Waals surface area contributed by atoms with Crippen LogP contribution >= 0.6 is 11.3 Å². The lowest BCUT2D eigenvalue weighted by molar-refractivity contribution is -0.129. The van der Waals surface area contributed by atoms with Crippen LogP contribution in [0, 0.1) is 0 Å². The van der Waals surface area contributed by atoms with Crippen molar-refractivity contribution in [1.29, 1.82) is 0 Å². The third-order valence-electron chi connectivity index (χ3n) is 3.20. The molecule has 1 amide bonds. The minimum Gasteiger partial charge on any atom is -0.448 e. The van der Waals surface area contributed by atoms with Crippen LogP contribution in [0.25, 0.3) is 10.1 Å². The Labute approximate surface area is 120 Å². The van der Waals surface area contributed by atoms with Gasteiger partial charge in [0.25, 0.3) is 5.91 Å². The summed E-state index contributed by atoms with van der Waals surface area (Å²) in [4.78, 5) is 24.3. The van der Waals surface area contributed by atoms with Crippen molar-refractivity contribution < 1.29 is 14.3 Å². The van der Waals surface area contributed by atoms with E-state index in [1.54, 1.807) is 13.0 Å². The highest BCUT2D eigenvalue weighted by Crippen LogP contribution is 2.26. The van der Waals surface area contributed by atoms with Gasteiger partial charge in [-0.3, -0.25) is 4.79 Å². The molecule has 0 spiro atoms. The molecule has 4 nitrogen and oxygen atoms in total. The number of ether oxygens (including phenoxy) is 1. The second-order valence-electron chi connectivity index (χ2n) is 4.98. The zero-order chi connectivity index (χ0) is 14.1. The number of hydrogen-bond donors (Lipinski definition) is 1. The molecule has 1 N–H and O–H groups in total. The topological polar surface area (TPSA) is 55.4 Å². The summed E-state index contributed by atoms with van der Waals surface area (Å²) >= 11 is 1.38. The predicted octanol–water partition coefficient (Wildman–Crippen LogP) is 2.73. The number of thiophene rings is 1. The third-order valence-corrected chi connectivity index (χ3v) is 4.30. The Balaban J connectivity index is 1.67. The van der Waals surface area contributed by atoms with E-state index in [2.05, 4.69) is 5.32 Å². The van der Waals surface area contributed by atoms with Crippen molar-refractivity contribution in [3.8, 4) is 0 Å². The molecule has 0 radical (unpaired) electrons. The van der Waals surface area contributed by atoms with Gasteiger partial charge in [-0.2, -0.15) is 0 Å². The van der Waals surface area contributed by atoms with Gasteiger partial charge >= 0.3 is 5.97 Å². The minimum atomic E-state index is -0.756. The highest BCUT2D eigenvalue weighted by Gasteiger charge is 2.27. The first kappa shape index (κ1) is 13.1. The van der Waals surface area contributed by atoms with Gasteiger partial charge in [0.05, 0.1) is 0 Å². The molecule has 3 rings (SSSR count). The van der Waals surface area contributed by atoms with Crippen molar-refractivity contribution in [3.63, 3.8) is 0 Å². The van der Waals surface area contributed by atoms with E-state index in [9.17, 15) is 9.59 Å². The number of amides is 1. The second-order valence-corrected chi connectivity index (χ2v) is 6.06. The summed E-state index contributed by atoms with van der Waals surface area (Å²) in [5.74, 6) is -0.661. The Morgan fingerprint density at radius 3 is 2.80 bits per heavy atom. The number of benzene rings is 1. The molecular weight excluding hydrogens is 274 g/mol. The smallest absolute Gasteiger partial charge is 0.349 e. The van der Waals surface area contributed by atoms with Crippen LogP contribution in [-0.2, 0) is 9.53 Å². The molecule has 104 valence electrons. The maximum Gasteiger partial charge on any atom is 0.349 e. The molecular formula is C15H15NO3S. The number of nitrogens with one attached hydrogen (secondary N) is 1. The molecule has 0 bridgehead atoms. The van der Waals surface area contributed by atoms with E-state index in [1.807, 2.05) is 24.3 Å². The third kappa shape index (κ3) is 2.82. The zero-order valence-corrected chi connectivity index (χ0v) is 11.9. The van der Waals surface area contributed by atoms with Crippen molar-refractivity contribution in [2.75, 3.05) is 0 Å². The first-order valence-electron chi connectivity index (χ1n) is 6.63. The van der Waals surface area contributed by atoms with Crippen LogP contribution in [-0.4, -0.2) is 24.0 Å². The van der Waals surface area contributed by atoms with Crippen LogP contribution in [0.4, 0.5) is 0 Å². The Morgan fingerprint density at radius 1 is 1.35 bits per heavy atom. The molecule has 1 saturated carbocycles. The molecule has 1 aromatic heterocycles. The Bertz CT molecular complexity index is 627. The van der Waals surface area contributed by atoms with Gasteiger partial charge in [0, 0.05) is 10.7 Å². The van der Waals surface area contributed by atoms with Crippen LogP contribution in [0.3, 0.4) is 0 Å². The minimum absolute atomic E-state index is 0.220. The number of fused-ring (bicyclic) bond motifs is 1. The number of carbonyl (C=O) groups excluding carboxylic acids is 2. The fourth-order valence-corrected chi connectivity index (χ4v) is 2.85. The van der Waals surface area contributed by atoms with E-state index in [0.29, 0.717) is 4.88 Å². The fourth-order valence-electron chi connectivity index (χ4n) is 1.90. The molecule has 1 fully saturated rings. The van der Waals surface area contributed by atoms with Gasteiger partial charge in [-0.15, -0.1) is 11.3 Å². The second kappa shape index (κ2) is 5.25. The summed E-state index contributed by atoms with van der Waals surface area (Å²) in [5, 5.41) is 3.84. The zero-order valence-electron chi connectivity index (χ0n) is 11.1. The standard InChI is InChI=1S/C15H15NO3S/c1-9(14(17)16-11-6-7-11)19-15(18)13-8-10-4-2-3-5-12(10)20-13/h2-5,8-9,11H,6-7H2,1H3,(H,16,17). The van der Waals surface area contributed by atoms with Crippen molar-refractivity contribution in [2.24, 2.45) is 0 Å². The lowest BCUT2D eigenvalue weighted by Crippen LogP contribution is -2.36. The SMILES string of the molecule is CC(OC(=O)c1cc2ccccc2s1)C(=O)NC1CC1. The number of hydrogen-bond acceptors (Lipinski definition) is 4. The number of rotatable bonds is 4. The largest absolute Gasteiger partial charge is 0.448 e. The van der Waals surface area contributed by atoms with E-state index >= 15 is 0 Å². The van der Waals surface area contributed by atoms with E-state index in [1.165, 1.54) is 11.3 Å². The van der Waals surface area contributed by atoms with Crippen LogP contribution in [0.2, 0.25) is 0 Å². The highest BCUT2D eigenvalue weighted by atomic mass is 32.1. The Kier molecular flexibility index (Phi) is 3.44. The summed E-state index contributed by atoms with van der Waals surface area (Å²) in [5.41, 5.74) is 0.